The van der Waals surface area contributed by atoms with Gasteiger partial charge in [-0.15, -0.1) is 0 Å². The number of aliphatic hydroxyl groups excluding tert-OH is 1. The van der Waals surface area contributed by atoms with Gasteiger partial charge >= 0.3 is 6.09 Å². The van der Waals surface area contributed by atoms with E-state index >= 15 is 0 Å². The Labute approximate surface area is 200 Å². The summed E-state index contributed by atoms with van der Waals surface area (Å²) in [5.74, 6) is 0.517. The highest BCUT2D eigenvalue weighted by Gasteiger charge is 2.61. The molecular weight excluding hydrogens is 442 g/mol. The second-order valence-electron chi connectivity index (χ2n) is 10.4. The van der Waals surface area contributed by atoms with Crippen LogP contribution in [0.25, 0.3) is 0 Å². The molecule has 0 aromatic rings. The monoisotopic (exact) mass is 479 g/mol. The van der Waals surface area contributed by atoms with Gasteiger partial charge in [-0.05, 0) is 63.2 Å². The molecule has 34 heavy (non-hydrogen) atoms. The largest absolute Gasteiger partial charge is 0.465 e. The molecule has 2 amide bonds. The van der Waals surface area contributed by atoms with E-state index in [4.69, 9.17) is 19.3 Å². The molecule has 5 atom stereocenters. The zero-order valence-electron chi connectivity index (χ0n) is 19.8. The summed E-state index contributed by atoms with van der Waals surface area (Å²) >= 11 is 0. The van der Waals surface area contributed by atoms with Crippen molar-refractivity contribution in [2.45, 2.75) is 68.5 Å². The molecule has 1 saturated heterocycles. The molecular formula is C24H37N3O7. The Kier molecular flexibility index (Phi) is 7.97. The SMILES string of the molecule is N#C[C@@H]1CCCN1C(=O)CN(C(=O)O)C12CC3C[C@H](CC(OCCOCCOCCO)(C3)C1)C2. The van der Waals surface area contributed by atoms with E-state index in [0.29, 0.717) is 64.3 Å². The van der Waals surface area contributed by atoms with Crippen LogP contribution >= 0.6 is 0 Å². The van der Waals surface area contributed by atoms with Crippen LogP contribution in [0.15, 0.2) is 0 Å². The van der Waals surface area contributed by atoms with Gasteiger partial charge in [0.15, 0.2) is 0 Å². The molecule has 1 heterocycles. The van der Waals surface area contributed by atoms with Gasteiger partial charge < -0.3 is 29.3 Å². The first-order valence-electron chi connectivity index (χ1n) is 12.5. The number of carboxylic acid groups (broad SMARTS) is 1. The molecule has 1 aliphatic heterocycles. The van der Waals surface area contributed by atoms with E-state index < -0.39 is 17.7 Å². The van der Waals surface area contributed by atoms with Crippen LogP contribution in [0, 0.1) is 23.2 Å². The predicted molar refractivity (Wildman–Crippen MR) is 120 cm³/mol. The maximum absolute atomic E-state index is 13.0. The van der Waals surface area contributed by atoms with Gasteiger partial charge in [0.25, 0.3) is 0 Å². The summed E-state index contributed by atoms with van der Waals surface area (Å²) in [7, 11) is 0. The fourth-order valence-electron chi connectivity index (χ4n) is 7.18. The van der Waals surface area contributed by atoms with Crippen LogP contribution in [0.5, 0.6) is 0 Å². The highest BCUT2D eigenvalue weighted by atomic mass is 16.6. The molecule has 0 radical (unpaired) electrons. The van der Waals surface area contributed by atoms with Crippen LogP contribution in [0.3, 0.4) is 0 Å². The van der Waals surface area contributed by atoms with E-state index in [0.717, 1.165) is 38.5 Å². The summed E-state index contributed by atoms with van der Waals surface area (Å²) in [5, 5.41) is 28.2. The average molecular weight is 480 g/mol. The fraction of sp³-hybridized carbons (Fsp3) is 0.875. The number of nitrogens with zero attached hydrogens (tertiary/aromatic N) is 3. The molecule has 4 saturated carbocycles. The lowest BCUT2D eigenvalue weighted by molar-refractivity contribution is -0.200. The number of hydrogen-bond acceptors (Lipinski definition) is 7. The minimum atomic E-state index is -1.07. The van der Waals surface area contributed by atoms with Gasteiger partial charge in [0.1, 0.15) is 12.6 Å². The van der Waals surface area contributed by atoms with Crippen LogP contribution in [-0.2, 0) is 19.0 Å². The third-order valence-corrected chi connectivity index (χ3v) is 8.04. The van der Waals surface area contributed by atoms with Gasteiger partial charge in [-0.2, -0.15) is 5.26 Å². The number of aliphatic hydroxyl groups is 1. The minimum absolute atomic E-state index is 0.00832. The Morgan fingerprint density at radius 3 is 2.38 bits per heavy atom. The van der Waals surface area contributed by atoms with Gasteiger partial charge in [0.2, 0.25) is 5.91 Å². The molecule has 10 heteroatoms. The molecule has 10 nitrogen and oxygen atoms in total. The number of likely N-dealkylation sites (tertiary alicyclic amines) is 1. The van der Waals surface area contributed by atoms with E-state index in [2.05, 4.69) is 6.07 Å². The van der Waals surface area contributed by atoms with Gasteiger partial charge in [-0.1, -0.05) is 0 Å². The molecule has 190 valence electrons. The van der Waals surface area contributed by atoms with Gasteiger partial charge in [-0.25, -0.2) is 4.79 Å². The predicted octanol–water partition coefficient (Wildman–Crippen LogP) is 1.61. The summed E-state index contributed by atoms with van der Waals surface area (Å²) in [6, 6.07) is 1.72. The zero-order valence-corrected chi connectivity index (χ0v) is 19.8. The van der Waals surface area contributed by atoms with Crippen molar-refractivity contribution in [3.63, 3.8) is 0 Å². The van der Waals surface area contributed by atoms with Gasteiger partial charge in [-0.3, -0.25) is 9.69 Å². The van der Waals surface area contributed by atoms with E-state index in [1.165, 1.54) is 4.90 Å². The number of hydrogen-bond donors (Lipinski definition) is 2. The molecule has 4 aliphatic carbocycles. The normalized spacial score (nSPS) is 33.8. The van der Waals surface area contributed by atoms with Crippen molar-refractivity contribution < 1.29 is 34.0 Å². The van der Waals surface area contributed by atoms with Crippen LogP contribution in [0.4, 0.5) is 4.79 Å². The lowest BCUT2D eigenvalue weighted by Gasteiger charge is -2.63. The minimum Gasteiger partial charge on any atom is -0.465 e. The quantitative estimate of drug-likeness (QED) is 0.404. The van der Waals surface area contributed by atoms with Gasteiger partial charge in [0, 0.05) is 6.54 Å². The smallest absolute Gasteiger partial charge is 0.408 e. The second-order valence-corrected chi connectivity index (χ2v) is 10.4. The van der Waals surface area contributed by atoms with Crippen LogP contribution in [0.2, 0.25) is 0 Å². The van der Waals surface area contributed by atoms with Crippen LogP contribution in [0.1, 0.15) is 51.4 Å². The van der Waals surface area contributed by atoms with Crippen molar-refractivity contribution in [1.29, 1.82) is 5.26 Å². The number of ether oxygens (including phenoxy) is 3. The van der Waals surface area contributed by atoms with Crippen molar-refractivity contribution in [2.24, 2.45) is 11.8 Å². The number of carbonyl (C=O) groups is 2. The molecule has 5 rings (SSSR count). The van der Waals surface area contributed by atoms with Gasteiger partial charge in [0.05, 0.1) is 56.9 Å². The molecule has 5 fully saturated rings. The molecule has 3 unspecified atom stereocenters. The maximum Gasteiger partial charge on any atom is 0.408 e. The Morgan fingerprint density at radius 1 is 1.06 bits per heavy atom. The first-order chi connectivity index (χ1) is 16.4. The average Bonchev–Trinajstić information content (AvgIpc) is 3.27. The number of amides is 2. The highest BCUT2D eigenvalue weighted by molar-refractivity contribution is 5.83. The first-order valence-corrected chi connectivity index (χ1v) is 12.5. The third kappa shape index (κ3) is 5.33. The molecule has 0 spiro atoms. The summed E-state index contributed by atoms with van der Waals surface area (Å²) in [5.41, 5.74) is -0.965. The van der Waals surface area contributed by atoms with E-state index in [1.807, 2.05) is 0 Å². The highest BCUT2D eigenvalue weighted by Crippen LogP contribution is 2.60. The van der Waals surface area contributed by atoms with Crippen LogP contribution < -0.4 is 0 Å². The van der Waals surface area contributed by atoms with E-state index in [9.17, 15) is 20.0 Å². The number of nitriles is 1. The van der Waals surface area contributed by atoms with Crippen molar-refractivity contribution in [2.75, 3.05) is 52.7 Å². The Balaban J connectivity index is 1.38. The Morgan fingerprint density at radius 2 is 1.74 bits per heavy atom. The number of rotatable bonds is 12. The topological polar surface area (TPSA) is 133 Å². The third-order valence-electron chi connectivity index (χ3n) is 8.04. The van der Waals surface area contributed by atoms with E-state index in [-0.39, 0.29) is 24.7 Å². The first kappa shape index (κ1) is 25.2. The van der Waals surface area contributed by atoms with Crippen molar-refractivity contribution in [3.8, 4) is 6.07 Å². The molecule has 2 N–H and O–H groups in total. The van der Waals surface area contributed by atoms with E-state index in [1.54, 1.807) is 4.90 Å². The number of carbonyl (C=O) groups excluding carboxylic acids is 1. The van der Waals surface area contributed by atoms with Crippen molar-refractivity contribution >= 4 is 12.0 Å². The zero-order chi connectivity index (χ0) is 24.2. The molecule has 0 aromatic heterocycles. The summed E-state index contributed by atoms with van der Waals surface area (Å²) in [6.07, 6.45) is 5.45. The maximum atomic E-state index is 13.0. The lowest BCUT2D eigenvalue weighted by Crippen LogP contribution is -2.68. The standard InChI is InChI=1S/C24H37N3O7/c25-15-20-2-1-3-26(20)21(29)16-27(22(30)31)23-11-18-10-19(12-23)14-24(13-18,17-23)34-9-8-33-7-6-32-5-4-28/h18-20,28H,1-14,16-17H2,(H,30,31)/t18-,19?,20-,23?,24?/m0/s1. The lowest BCUT2D eigenvalue weighted by atomic mass is 9.50. The summed E-state index contributed by atoms with van der Waals surface area (Å²) < 4.78 is 17.2. The summed E-state index contributed by atoms with van der Waals surface area (Å²) in [4.78, 5) is 28.4. The van der Waals surface area contributed by atoms with Crippen LogP contribution in [-0.4, -0.2) is 102 Å². The molecule has 4 bridgehead atoms. The molecule has 0 aromatic carbocycles. The Hall–Kier alpha value is -1.93. The molecule has 5 aliphatic rings. The summed E-state index contributed by atoms with van der Waals surface area (Å²) in [6.45, 7) is 2.32. The Bertz CT molecular complexity index is 771. The fourth-order valence-corrected chi connectivity index (χ4v) is 7.18. The van der Waals surface area contributed by atoms with Crippen molar-refractivity contribution in [1.82, 2.24) is 9.80 Å². The van der Waals surface area contributed by atoms with Crippen molar-refractivity contribution in [3.05, 3.63) is 0 Å². The second kappa shape index (κ2) is 10.8.